The van der Waals surface area contributed by atoms with E-state index < -0.39 is 44.2 Å². The summed E-state index contributed by atoms with van der Waals surface area (Å²) in [4.78, 5) is 28.9. The second-order valence-corrected chi connectivity index (χ2v) is 10.6. The molecule has 11 heteroatoms. The topological polar surface area (TPSA) is 139 Å². The molecule has 0 aliphatic heterocycles. The van der Waals surface area contributed by atoms with Gasteiger partial charge in [0.25, 0.3) is 11.5 Å². The fourth-order valence-electron chi connectivity index (χ4n) is 3.18. The predicted molar refractivity (Wildman–Crippen MR) is 117 cm³/mol. The Morgan fingerprint density at radius 3 is 2.76 bits per heavy atom. The summed E-state index contributed by atoms with van der Waals surface area (Å²) in [7, 11) is -3.89. The van der Waals surface area contributed by atoms with Crippen LogP contribution >= 0.6 is 0 Å². The Hall–Kier alpha value is -3.25. The van der Waals surface area contributed by atoms with E-state index in [0.717, 1.165) is 6.26 Å². The number of nitrogens with zero attached hydrogens (tertiary/aromatic N) is 2. The van der Waals surface area contributed by atoms with Crippen LogP contribution in [0.2, 0.25) is 0 Å². The Balaban J connectivity index is 1.80. The smallest absolute Gasteiger partial charge is 0.264 e. The number of alkyl halides is 1. The first-order chi connectivity index (χ1) is 15.4. The molecular formula is C22H22FN3O6S. The molecule has 1 aromatic heterocycles. The van der Waals surface area contributed by atoms with E-state index in [9.17, 15) is 22.4 Å². The third-order valence-corrected chi connectivity index (χ3v) is 7.87. The molecule has 1 fully saturated rings. The van der Waals surface area contributed by atoms with E-state index in [1.807, 2.05) is 0 Å². The Morgan fingerprint density at radius 2 is 2.15 bits per heavy atom. The van der Waals surface area contributed by atoms with Crippen molar-refractivity contribution in [2.45, 2.75) is 36.7 Å². The zero-order valence-electron chi connectivity index (χ0n) is 17.9. The minimum atomic E-state index is -3.89. The fraction of sp³-hybridized carbons (Fsp3) is 0.409. The standard InChI is InChI=1S/C22H22FN3O6S/c1-21(20(29)25-30,33(2,31)32)9-10-26-14-24-18-11-15(7-8-17(18)19(26)28)5-3-4-6-16-12-22(16,23)13-27/h7-8,11,14,16,27,30H,9-10,12-13H2,1-2H3,(H,25,29)/t16-,21?,22-/m0/s1. The van der Waals surface area contributed by atoms with Gasteiger partial charge in [-0.05, 0) is 43.4 Å². The monoisotopic (exact) mass is 475 g/mol. The van der Waals surface area contributed by atoms with E-state index in [0.29, 0.717) is 11.1 Å². The summed E-state index contributed by atoms with van der Waals surface area (Å²) in [5, 5.41) is 18.1. The molecule has 1 aliphatic rings. The van der Waals surface area contributed by atoms with Gasteiger partial charge in [0, 0.05) is 24.8 Å². The summed E-state index contributed by atoms with van der Waals surface area (Å²) in [6.07, 6.45) is 2.05. The highest BCUT2D eigenvalue weighted by Crippen LogP contribution is 2.46. The number of carbonyl (C=O) groups excluding carboxylic acids is 1. The Morgan fingerprint density at radius 1 is 1.42 bits per heavy atom. The van der Waals surface area contributed by atoms with Crippen molar-refractivity contribution in [1.82, 2.24) is 15.0 Å². The first-order valence-corrected chi connectivity index (χ1v) is 11.8. The average Bonchev–Trinajstić information content (AvgIpc) is 3.44. The maximum absolute atomic E-state index is 13.6. The van der Waals surface area contributed by atoms with E-state index in [-0.39, 0.29) is 24.8 Å². The molecule has 1 unspecified atom stereocenters. The number of aromatic nitrogens is 2. The number of benzene rings is 1. The van der Waals surface area contributed by atoms with E-state index in [1.54, 1.807) is 12.1 Å². The average molecular weight is 475 g/mol. The van der Waals surface area contributed by atoms with Crippen LogP contribution < -0.4 is 11.0 Å². The first-order valence-electron chi connectivity index (χ1n) is 9.90. The number of carbonyl (C=O) groups is 1. The van der Waals surface area contributed by atoms with Crippen LogP contribution in [0.1, 0.15) is 25.3 Å². The first kappa shape index (κ1) is 24.4. The molecule has 1 aliphatic carbocycles. The SMILES string of the molecule is CC(CCn1cnc2cc(C#CC#C[C@H]3C[C@]3(F)CO)ccc2c1=O)(C(=O)NO)S(C)(=O)=O. The van der Waals surface area contributed by atoms with Gasteiger partial charge in [-0.1, -0.05) is 11.8 Å². The van der Waals surface area contributed by atoms with Crippen molar-refractivity contribution in [1.29, 1.82) is 0 Å². The summed E-state index contributed by atoms with van der Waals surface area (Å²) < 4.78 is 37.0. The number of hydroxylamine groups is 1. The summed E-state index contributed by atoms with van der Waals surface area (Å²) >= 11 is 0. The van der Waals surface area contributed by atoms with Crippen molar-refractivity contribution in [2.24, 2.45) is 5.92 Å². The largest absolute Gasteiger partial charge is 0.393 e. The van der Waals surface area contributed by atoms with E-state index >= 15 is 0 Å². The van der Waals surface area contributed by atoms with Crippen LogP contribution in [0.25, 0.3) is 10.9 Å². The lowest BCUT2D eigenvalue weighted by Crippen LogP contribution is -2.50. The van der Waals surface area contributed by atoms with Crippen LogP contribution in [0.3, 0.4) is 0 Å². The summed E-state index contributed by atoms with van der Waals surface area (Å²) in [6, 6.07) is 4.70. The molecule has 3 atom stereocenters. The third-order valence-electron chi connectivity index (χ3n) is 5.84. The molecule has 2 aromatic rings. The molecule has 3 rings (SSSR count). The van der Waals surface area contributed by atoms with E-state index in [2.05, 4.69) is 28.7 Å². The minimum Gasteiger partial charge on any atom is -0.393 e. The highest BCUT2D eigenvalue weighted by atomic mass is 32.2. The fourth-order valence-corrected chi connectivity index (χ4v) is 4.02. The van der Waals surface area contributed by atoms with Gasteiger partial charge >= 0.3 is 0 Å². The summed E-state index contributed by atoms with van der Waals surface area (Å²) in [5.41, 5.74) is 0.205. The summed E-state index contributed by atoms with van der Waals surface area (Å²) in [6.45, 7) is 0.485. The van der Waals surface area contributed by atoms with Crippen molar-refractivity contribution in [3.8, 4) is 23.7 Å². The van der Waals surface area contributed by atoms with Gasteiger partial charge in [-0.15, -0.1) is 0 Å². The van der Waals surface area contributed by atoms with Gasteiger partial charge in [0.2, 0.25) is 0 Å². The number of rotatable bonds is 6. The van der Waals surface area contributed by atoms with Gasteiger partial charge in [-0.3, -0.25) is 19.4 Å². The number of hydrogen-bond donors (Lipinski definition) is 3. The molecule has 0 spiro atoms. The third kappa shape index (κ3) is 4.91. The van der Waals surface area contributed by atoms with Crippen LogP contribution in [0.5, 0.6) is 0 Å². The highest BCUT2D eigenvalue weighted by molar-refractivity contribution is 7.92. The zero-order valence-corrected chi connectivity index (χ0v) is 18.7. The molecule has 1 amide bonds. The van der Waals surface area contributed by atoms with Crippen molar-refractivity contribution in [3.63, 3.8) is 0 Å². The van der Waals surface area contributed by atoms with Crippen LogP contribution in [0.4, 0.5) is 4.39 Å². The molecular weight excluding hydrogens is 453 g/mol. The number of hydrogen-bond acceptors (Lipinski definition) is 7. The van der Waals surface area contributed by atoms with E-state index in [4.69, 9.17) is 10.3 Å². The molecule has 3 N–H and O–H groups in total. The molecule has 0 saturated heterocycles. The maximum atomic E-state index is 13.6. The molecule has 33 heavy (non-hydrogen) atoms. The van der Waals surface area contributed by atoms with Gasteiger partial charge in [0.15, 0.2) is 14.6 Å². The van der Waals surface area contributed by atoms with Crippen LogP contribution in [-0.2, 0) is 21.2 Å². The molecule has 9 nitrogen and oxygen atoms in total. The van der Waals surface area contributed by atoms with Gasteiger partial charge < -0.3 is 5.11 Å². The molecule has 0 bridgehead atoms. The van der Waals surface area contributed by atoms with Crippen LogP contribution in [-0.4, -0.2) is 57.5 Å². The number of amides is 1. The normalized spacial score (nSPS) is 21.2. The molecule has 1 aromatic carbocycles. The number of sulfone groups is 1. The van der Waals surface area contributed by atoms with Gasteiger partial charge in [0.05, 0.1) is 29.8 Å². The zero-order chi connectivity index (χ0) is 24.4. The molecule has 174 valence electrons. The number of halogens is 1. The Labute approximate surface area is 189 Å². The van der Waals surface area contributed by atoms with Crippen LogP contribution in [0, 0.1) is 29.6 Å². The van der Waals surface area contributed by atoms with Gasteiger partial charge in [-0.2, -0.15) is 0 Å². The predicted octanol–water partition coefficient (Wildman–Crippen LogP) is 0.171. The van der Waals surface area contributed by atoms with Crippen molar-refractivity contribution >= 4 is 26.6 Å². The Kier molecular flexibility index (Phi) is 6.61. The maximum Gasteiger partial charge on any atom is 0.264 e. The molecule has 0 radical (unpaired) electrons. The number of aliphatic hydroxyl groups is 1. The van der Waals surface area contributed by atoms with Crippen molar-refractivity contribution in [3.05, 3.63) is 40.4 Å². The molecule has 1 saturated carbocycles. The van der Waals surface area contributed by atoms with Gasteiger partial charge in [-0.25, -0.2) is 23.3 Å². The Bertz CT molecular complexity index is 1400. The summed E-state index contributed by atoms with van der Waals surface area (Å²) in [5.74, 6) is 9.01. The number of nitrogens with one attached hydrogen (secondary N) is 1. The molecule has 1 heterocycles. The lowest BCUT2D eigenvalue weighted by molar-refractivity contribution is -0.131. The van der Waals surface area contributed by atoms with Gasteiger partial charge in [0.1, 0.15) is 5.67 Å². The quantitative estimate of drug-likeness (QED) is 0.308. The van der Waals surface area contributed by atoms with Crippen molar-refractivity contribution < 1.29 is 27.9 Å². The number of aryl methyl sites for hydroxylation is 1. The second-order valence-electron chi connectivity index (χ2n) is 8.14. The lowest BCUT2D eigenvalue weighted by atomic mass is 10.1. The van der Waals surface area contributed by atoms with E-state index in [1.165, 1.54) is 29.4 Å². The van der Waals surface area contributed by atoms with Crippen molar-refractivity contribution in [2.75, 3.05) is 12.9 Å². The van der Waals surface area contributed by atoms with Crippen LogP contribution in [0.15, 0.2) is 29.3 Å². The number of aliphatic hydroxyl groups excluding tert-OH is 1. The highest BCUT2D eigenvalue weighted by Gasteiger charge is 2.54. The number of fused-ring (bicyclic) bond motifs is 1. The second kappa shape index (κ2) is 8.94. The lowest BCUT2D eigenvalue weighted by Gasteiger charge is -2.25. The minimum absolute atomic E-state index is 0.124.